The van der Waals surface area contributed by atoms with E-state index in [9.17, 15) is 4.79 Å². The first-order valence-electron chi connectivity index (χ1n) is 4.98. The number of hydrogen-bond donors (Lipinski definition) is 2. The molecule has 1 aliphatic rings. The molecule has 0 bridgehead atoms. The molecule has 3 nitrogen and oxygen atoms in total. The molecule has 1 aromatic rings. The number of hydrogen-bond acceptors (Lipinski definition) is 2. The van der Waals surface area contributed by atoms with E-state index in [1.54, 1.807) is 6.07 Å². The lowest BCUT2D eigenvalue weighted by Crippen LogP contribution is -2.21. The third-order valence-electron chi connectivity index (χ3n) is 2.89. The first-order valence-corrected chi connectivity index (χ1v) is 6.15. The molecule has 0 radical (unpaired) electrons. The van der Waals surface area contributed by atoms with E-state index in [-0.39, 0.29) is 5.92 Å². The van der Waals surface area contributed by atoms with Crippen LogP contribution in [0.4, 0.5) is 0 Å². The quantitative estimate of drug-likeness (QED) is 0.882. The van der Waals surface area contributed by atoms with Gasteiger partial charge in [-0.05, 0) is 17.7 Å². The zero-order valence-electron chi connectivity index (χ0n) is 8.41. The summed E-state index contributed by atoms with van der Waals surface area (Å²) < 4.78 is 0.902. The van der Waals surface area contributed by atoms with Crippen LogP contribution in [0.1, 0.15) is 11.5 Å². The van der Waals surface area contributed by atoms with Crippen molar-refractivity contribution in [3.8, 4) is 0 Å². The van der Waals surface area contributed by atoms with Gasteiger partial charge in [0.15, 0.2) is 0 Å². The highest BCUT2D eigenvalue weighted by atomic mass is 79.9. The molecule has 1 heterocycles. The Balaban J connectivity index is 2.32. The van der Waals surface area contributed by atoms with Crippen LogP contribution in [0.25, 0.3) is 0 Å². The average molecular weight is 305 g/mol. The van der Waals surface area contributed by atoms with E-state index in [4.69, 9.17) is 16.7 Å². The van der Waals surface area contributed by atoms with Crippen LogP contribution in [0.3, 0.4) is 0 Å². The summed E-state index contributed by atoms with van der Waals surface area (Å²) in [6, 6.07) is 5.58. The third-order valence-corrected chi connectivity index (χ3v) is 3.71. The molecule has 5 heteroatoms. The highest BCUT2D eigenvalue weighted by molar-refractivity contribution is 9.10. The summed E-state index contributed by atoms with van der Waals surface area (Å²) in [4.78, 5) is 11.1. The van der Waals surface area contributed by atoms with Crippen LogP contribution in [0, 0.1) is 5.92 Å². The molecular weight excluding hydrogens is 293 g/mol. The predicted octanol–water partition coefficient (Wildman–Crippen LogP) is 2.49. The Kier molecular flexibility index (Phi) is 3.52. The largest absolute Gasteiger partial charge is 0.481 e. The Morgan fingerprint density at radius 1 is 1.50 bits per heavy atom. The topological polar surface area (TPSA) is 49.3 Å². The first-order chi connectivity index (χ1) is 7.59. The average Bonchev–Trinajstić information content (AvgIpc) is 2.66. The fourth-order valence-corrected chi connectivity index (χ4v) is 2.88. The molecule has 2 unspecified atom stereocenters. The Bertz CT molecular complexity index is 424. The van der Waals surface area contributed by atoms with Crippen LogP contribution in [-0.2, 0) is 4.79 Å². The molecule has 16 heavy (non-hydrogen) atoms. The van der Waals surface area contributed by atoms with Gasteiger partial charge in [-0.2, -0.15) is 0 Å². The second-order valence-corrected chi connectivity index (χ2v) is 5.20. The lowest BCUT2D eigenvalue weighted by atomic mass is 9.89. The Hall–Kier alpha value is -0.580. The molecule has 2 N–H and O–H groups in total. The van der Waals surface area contributed by atoms with Gasteiger partial charge in [0.05, 0.1) is 5.92 Å². The van der Waals surface area contributed by atoms with E-state index in [2.05, 4.69) is 21.2 Å². The van der Waals surface area contributed by atoms with E-state index in [1.165, 1.54) is 0 Å². The Morgan fingerprint density at radius 2 is 2.25 bits per heavy atom. The lowest BCUT2D eigenvalue weighted by Gasteiger charge is -2.16. The predicted molar refractivity (Wildman–Crippen MR) is 65.9 cm³/mol. The number of carbonyl (C=O) groups is 1. The van der Waals surface area contributed by atoms with Gasteiger partial charge < -0.3 is 10.4 Å². The fourth-order valence-electron chi connectivity index (χ4n) is 2.07. The van der Waals surface area contributed by atoms with Gasteiger partial charge in [-0.1, -0.05) is 33.6 Å². The summed E-state index contributed by atoms with van der Waals surface area (Å²) in [6.07, 6.45) is 0. The second kappa shape index (κ2) is 4.73. The summed E-state index contributed by atoms with van der Waals surface area (Å²) in [5.41, 5.74) is 0.905. The molecule has 0 aliphatic carbocycles. The zero-order chi connectivity index (χ0) is 11.7. The standard InChI is InChI=1S/C11H11BrClNO2/c12-6-1-2-7(10(13)3-6)8-4-14-5-9(8)11(15)16/h1-3,8-9,14H,4-5H2,(H,15,16). The van der Waals surface area contributed by atoms with Crippen molar-refractivity contribution in [1.82, 2.24) is 5.32 Å². The molecule has 0 aromatic heterocycles. The van der Waals surface area contributed by atoms with Gasteiger partial charge >= 0.3 is 5.97 Å². The van der Waals surface area contributed by atoms with Crippen LogP contribution in [-0.4, -0.2) is 24.2 Å². The smallest absolute Gasteiger partial charge is 0.308 e. The molecule has 86 valence electrons. The molecule has 1 fully saturated rings. The minimum absolute atomic E-state index is 0.0434. The maximum absolute atomic E-state index is 11.1. The van der Waals surface area contributed by atoms with E-state index >= 15 is 0 Å². The highest BCUT2D eigenvalue weighted by Crippen LogP contribution is 2.34. The molecule has 0 amide bonds. The van der Waals surface area contributed by atoms with Gasteiger partial charge in [0.1, 0.15) is 0 Å². The van der Waals surface area contributed by atoms with Crippen molar-refractivity contribution in [2.75, 3.05) is 13.1 Å². The normalized spacial score (nSPS) is 24.6. The number of rotatable bonds is 2. The van der Waals surface area contributed by atoms with Crippen molar-refractivity contribution in [1.29, 1.82) is 0 Å². The number of nitrogens with one attached hydrogen (secondary N) is 1. The summed E-state index contributed by atoms with van der Waals surface area (Å²) in [5.74, 6) is -1.20. The summed E-state index contributed by atoms with van der Waals surface area (Å²) in [5, 5.41) is 12.8. The molecule has 0 spiro atoms. The van der Waals surface area contributed by atoms with Crippen LogP contribution in [0.15, 0.2) is 22.7 Å². The van der Waals surface area contributed by atoms with E-state index < -0.39 is 11.9 Å². The molecule has 1 aromatic carbocycles. The monoisotopic (exact) mass is 303 g/mol. The van der Waals surface area contributed by atoms with Crippen LogP contribution in [0.2, 0.25) is 5.02 Å². The van der Waals surface area contributed by atoms with Gasteiger partial charge in [0.25, 0.3) is 0 Å². The van der Waals surface area contributed by atoms with E-state index in [0.29, 0.717) is 18.1 Å². The molecule has 0 saturated carbocycles. The third kappa shape index (κ3) is 2.24. The van der Waals surface area contributed by atoms with Crippen molar-refractivity contribution in [3.63, 3.8) is 0 Å². The lowest BCUT2D eigenvalue weighted by molar-refractivity contribution is -0.141. The van der Waals surface area contributed by atoms with Crippen molar-refractivity contribution < 1.29 is 9.90 Å². The molecule has 1 aliphatic heterocycles. The van der Waals surface area contributed by atoms with Crippen LogP contribution < -0.4 is 5.32 Å². The summed E-state index contributed by atoms with van der Waals surface area (Å²) in [6.45, 7) is 1.17. The Morgan fingerprint density at radius 3 is 2.88 bits per heavy atom. The highest BCUT2D eigenvalue weighted by Gasteiger charge is 2.34. The summed E-state index contributed by atoms with van der Waals surface area (Å²) in [7, 11) is 0. The molecule has 2 rings (SSSR count). The maximum atomic E-state index is 11.1. The minimum atomic E-state index is -0.769. The van der Waals surface area contributed by atoms with Gasteiger partial charge in [-0.15, -0.1) is 0 Å². The van der Waals surface area contributed by atoms with E-state index in [0.717, 1.165) is 10.0 Å². The Labute approximate surface area is 107 Å². The van der Waals surface area contributed by atoms with Crippen LogP contribution in [0.5, 0.6) is 0 Å². The molecular formula is C11H11BrClNO2. The van der Waals surface area contributed by atoms with Crippen LogP contribution >= 0.6 is 27.5 Å². The fraction of sp³-hybridized carbons (Fsp3) is 0.364. The van der Waals surface area contributed by atoms with Crippen molar-refractivity contribution in [2.24, 2.45) is 5.92 Å². The minimum Gasteiger partial charge on any atom is -0.481 e. The molecule has 1 saturated heterocycles. The van der Waals surface area contributed by atoms with Crippen molar-refractivity contribution in [3.05, 3.63) is 33.3 Å². The maximum Gasteiger partial charge on any atom is 0.308 e. The van der Waals surface area contributed by atoms with Crippen molar-refractivity contribution in [2.45, 2.75) is 5.92 Å². The molecule has 2 atom stereocenters. The number of halogens is 2. The van der Waals surface area contributed by atoms with Gasteiger partial charge in [0.2, 0.25) is 0 Å². The number of carboxylic acids is 1. The first kappa shape index (κ1) is 11.9. The SMILES string of the molecule is O=C(O)C1CNCC1c1ccc(Br)cc1Cl. The number of benzene rings is 1. The zero-order valence-corrected chi connectivity index (χ0v) is 10.8. The number of carboxylic acid groups (broad SMARTS) is 1. The van der Waals surface area contributed by atoms with Crippen molar-refractivity contribution >= 4 is 33.5 Å². The van der Waals surface area contributed by atoms with Gasteiger partial charge in [-0.3, -0.25) is 4.79 Å². The summed E-state index contributed by atoms with van der Waals surface area (Å²) >= 11 is 9.46. The van der Waals surface area contributed by atoms with Gasteiger partial charge in [0, 0.05) is 28.5 Å². The second-order valence-electron chi connectivity index (χ2n) is 3.88. The number of aliphatic carboxylic acids is 1. The van der Waals surface area contributed by atoms with Gasteiger partial charge in [-0.25, -0.2) is 0 Å². The van der Waals surface area contributed by atoms with E-state index in [1.807, 2.05) is 12.1 Å².